The molecule has 1 aliphatic heterocycles. The maximum atomic E-state index is 12.1. The molecule has 0 aliphatic carbocycles. The number of quaternary nitrogens is 1. The highest BCUT2D eigenvalue weighted by atomic mass is 35.5. The number of rotatable bonds is 3. The number of piperazine rings is 1. The topological polar surface area (TPSA) is 37.9 Å². The van der Waals surface area contributed by atoms with Crippen molar-refractivity contribution in [3.05, 3.63) is 75.1 Å². The first kappa shape index (κ1) is 20.0. The maximum Gasteiger partial charge on any atom is 0.336 e. The molecule has 0 atom stereocenters. The molecule has 0 spiro atoms. The Kier molecular flexibility index (Phi) is 5.41. The van der Waals surface area contributed by atoms with Gasteiger partial charge in [0.05, 0.1) is 26.2 Å². The van der Waals surface area contributed by atoms with E-state index in [0.29, 0.717) is 5.58 Å². The average Bonchev–Trinajstić information content (AvgIpc) is 2.67. The van der Waals surface area contributed by atoms with E-state index in [2.05, 4.69) is 43.9 Å². The molecule has 0 amide bonds. The van der Waals surface area contributed by atoms with E-state index in [-0.39, 0.29) is 11.0 Å². The highest BCUT2D eigenvalue weighted by molar-refractivity contribution is 6.30. The van der Waals surface area contributed by atoms with Crippen molar-refractivity contribution in [1.82, 2.24) is 0 Å². The van der Waals surface area contributed by atoms with Gasteiger partial charge in [-0.1, -0.05) is 44.5 Å². The highest BCUT2D eigenvalue weighted by Gasteiger charge is 2.22. The lowest BCUT2D eigenvalue weighted by Crippen LogP contribution is -3.13. The summed E-state index contributed by atoms with van der Waals surface area (Å²) in [6, 6.07) is 15.9. The molecule has 5 heteroatoms. The van der Waals surface area contributed by atoms with Crippen LogP contribution in [0.2, 0.25) is 5.02 Å². The molecule has 0 saturated carbocycles. The molecule has 152 valence electrons. The minimum Gasteiger partial charge on any atom is -0.423 e. The number of nitrogens with one attached hydrogen (secondary N) is 1. The smallest absolute Gasteiger partial charge is 0.336 e. The maximum absolute atomic E-state index is 12.1. The zero-order chi connectivity index (χ0) is 20.6. The number of benzene rings is 2. The normalized spacial score (nSPS) is 15.8. The first-order chi connectivity index (χ1) is 13.8. The van der Waals surface area contributed by atoms with Crippen molar-refractivity contribution >= 4 is 28.3 Å². The van der Waals surface area contributed by atoms with Crippen molar-refractivity contribution in [2.45, 2.75) is 32.7 Å². The molecule has 0 unspecified atom stereocenters. The lowest BCUT2D eigenvalue weighted by atomic mass is 9.86. The Bertz CT molecular complexity index is 1080. The molecule has 1 aliphatic rings. The Morgan fingerprint density at radius 1 is 1.07 bits per heavy atom. The van der Waals surface area contributed by atoms with Crippen molar-refractivity contribution in [2.24, 2.45) is 0 Å². The fourth-order valence-corrected chi connectivity index (χ4v) is 4.23. The van der Waals surface area contributed by atoms with Gasteiger partial charge in [-0.3, -0.25) is 0 Å². The summed E-state index contributed by atoms with van der Waals surface area (Å²) >= 11 is 6.14. The minimum absolute atomic E-state index is 0.0526. The van der Waals surface area contributed by atoms with Gasteiger partial charge in [0.25, 0.3) is 0 Å². The zero-order valence-electron chi connectivity index (χ0n) is 17.3. The van der Waals surface area contributed by atoms with E-state index in [1.807, 2.05) is 24.3 Å². The Hall–Kier alpha value is -2.30. The molecule has 2 heterocycles. The fraction of sp³-hybridized carbons (Fsp3) is 0.375. The predicted octanol–water partition coefficient (Wildman–Crippen LogP) is 3.65. The first-order valence-electron chi connectivity index (χ1n) is 10.2. The van der Waals surface area contributed by atoms with E-state index in [9.17, 15) is 4.79 Å². The number of nitrogens with zero attached hydrogens (tertiary/aromatic N) is 1. The van der Waals surface area contributed by atoms with Crippen molar-refractivity contribution in [2.75, 3.05) is 31.1 Å². The van der Waals surface area contributed by atoms with Gasteiger partial charge in [-0.25, -0.2) is 4.79 Å². The molecule has 4 nitrogen and oxygen atoms in total. The first-order valence-corrected chi connectivity index (χ1v) is 10.6. The lowest BCUT2D eigenvalue weighted by molar-refractivity contribution is -0.914. The number of hydrogen-bond acceptors (Lipinski definition) is 3. The van der Waals surface area contributed by atoms with E-state index < -0.39 is 0 Å². The zero-order valence-corrected chi connectivity index (χ0v) is 18.1. The van der Waals surface area contributed by atoms with Crippen LogP contribution in [0.15, 0.2) is 57.7 Å². The summed E-state index contributed by atoms with van der Waals surface area (Å²) in [6.07, 6.45) is 0. The second kappa shape index (κ2) is 7.85. The van der Waals surface area contributed by atoms with Gasteiger partial charge in [0, 0.05) is 27.7 Å². The third-order valence-electron chi connectivity index (χ3n) is 5.78. The van der Waals surface area contributed by atoms with Crippen LogP contribution in [0.1, 0.15) is 31.9 Å². The van der Waals surface area contributed by atoms with Crippen molar-refractivity contribution in [1.29, 1.82) is 0 Å². The third kappa shape index (κ3) is 4.49. The van der Waals surface area contributed by atoms with Crippen LogP contribution in [0.3, 0.4) is 0 Å². The van der Waals surface area contributed by atoms with Crippen molar-refractivity contribution in [3.63, 3.8) is 0 Å². The van der Waals surface area contributed by atoms with Crippen LogP contribution in [0.25, 0.3) is 11.0 Å². The van der Waals surface area contributed by atoms with Crippen LogP contribution in [0.5, 0.6) is 0 Å². The average molecular weight is 412 g/mol. The molecule has 0 radical (unpaired) electrons. The van der Waals surface area contributed by atoms with Crippen LogP contribution in [0.4, 0.5) is 5.69 Å². The highest BCUT2D eigenvalue weighted by Crippen LogP contribution is 2.27. The number of hydrogen-bond donors (Lipinski definition) is 1. The Morgan fingerprint density at radius 3 is 2.52 bits per heavy atom. The molecule has 1 aromatic heterocycles. The Labute approximate surface area is 176 Å². The van der Waals surface area contributed by atoms with Crippen LogP contribution in [-0.4, -0.2) is 26.2 Å². The van der Waals surface area contributed by atoms with E-state index in [4.69, 9.17) is 16.0 Å². The summed E-state index contributed by atoms with van der Waals surface area (Å²) in [5.74, 6) is 0. The minimum atomic E-state index is -0.270. The molecule has 3 aromatic rings. The quantitative estimate of drug-likeness (QED) is 0.668. The molecular formula is C24H28ClN2O2+. The summed E-state index contributed by atoms with van der Waals surface area (Å²) in [4.78, 5) is 16.0. The molecular weight excluding hydrogens is 384 g/mol. The van der Waals surface area contributed by atoms with Gasteiger partial charge in [0.2, 0.25) is 0 Å². The standard InChI is InChI=1S/C24H27ClN2O2/c1-24(2,3)18-7-8-22-21(14-18)17(13-23(28)29-22)16-26-9-11-27(12-10-26)20-6-4-5-19(25)15-20/h4-8,13-15H,9-12,16H2,1-3H3/p+1. The molecule has 1 saturated heterocycles. The van der Waals surface area contributed by atoms with Gasteiger partial charge < -0.3 is 14.2 Å². The second-order valence-electron chi connectivity index (χ2n) is 8.95. The monoisotopic (exact) mass is 411 g/mol. The lowest BCUT2D eigenvalue weighted by Gasteiger charge is -2.34. The summed E-state index contributed by atoms with van der Waals surface area (Å²) in [6.45, 7) is 11.4. The number of fused-ring (bicyclic) bond motifs is 1. The summed E-state index contributed by atoms with van der Waals surface area (Å²) in [5, 5.41) is 1.83. The van der Waals surface area contributed by atoms with Crippen LogP contribution < -0.4 is 15.4 Å². The fourth-order valence-electron chi connectivity index (χ4n) is 4.04. The Balaban J connectivity index is 1.54. The third-order valence-corrected chi connectivity index (χ3v) is 6.01. The van der Waals surface area contributed by atoms with E-state index in [1.54, 1.807) is 6.07 Å². The molecule has 29 heavy (non-hydrogen) atoms. The van der Waals surface area contributed by atoms with Gasteiger partial charge in [0.15, 0.2) is 0 Å². The SMILES string of the molecule is CC(C)(C)c1ccc2oc(=O)cc(C[NH+]3CCN(c4cccc(Cl)c4)CC3)c2c1. The Morgan fingerprint density at radius 2 is 1.83 bits per heavy atom. The summed E-state index contributed by atoms with van der Waals surface area (Å²) in [7, 11) is 0. The van der Waals surface area contributed by atoms with Gasteiger partial charge in [-0.05, 0) is 41.3 Å². The van der Waals surface area contributed by atoms with Crippen LogP contribution in [0, 0.1) is 0 Å². The molecule has 0 bridgehead atoms. The van der Waals surface area contributed by atoms with Crippen molar-refractivity contribution < 1.29 is 9.32 Å². The number of anilines is 1. The van der Waals surface area contributed by atoms with Gasteiger partial charge in [-0.2, -0.15) is 0 Å². The van der Waals surface area contributed by atoms with Gasteiger partial charge >= 0.3 is 5.63 Å². The number of halogens is 1. The predicted molar refractivity (Wildman–Crippen MR) is 119 cm³/mol. The molecule has 2 aromatic carbocycles. The van der Waals surface area contributed by atoms with Gasteiger partial charge in [0.1, 0.15) is 12.1 Å². The molecule has 1 fully saturated rings. The van der Waals surface area contributed by atoms with E-state index in [0.717, 1.165) is 48.7 Å². The largest absolute Gasteiger partial charge is 0.423 e. The molecule has 4 rings (SSSR count). The summed E-state index contributed by atoms with van der Waals surface area (Å²) in [5.41, 5.74) is 3.97. The van der Waals surface area contributed by atoms with E-state index in [1.165, 1.54) is 16.2 Å². The van der Waals surface area contributed by atoms with Gasteiger partial charge in [-0.15, -0.1) is 0 Å². The molecule has 1 N–H and O–H groups in total. The van der Waals surface area contributed by atoms with Crippen LogP contribution >= 0.6 is 11.6 Å². The van der Waals surface area contributed by atoms with Crippen LogP contribution in [-0.2, 0) is 12.0 Å². The van der Waals surface area contributed by atoms with Crippen molar-refractivity contribution in [3.8, 4) is 0 Å². The summed E-state index contributed by atoms with van der Waals surface area (Å²) < 4.78 is 5.46. The van der Waals surface area contributed by atoms with E-state index >= 15 is 0 Å². The second-order valence-corrected chi connectivity index (χ2v) is 9.38.